The number of hydrogen-bond acceptors (Lipinski definition) is 2. The Morgan fingerprint density at radius 1 is 1.15 bits per heavy atom. The highest BCUT2D eigenvalue weighted by Gasteiger charge is 2.13. The van der Waals surface area contributed by atoms with Gasteiger partial charge in [0.15, 0.2) is 0 Å². The number of aromatic nitrogens is 1. The number of hydrogen-bond donors (Lipinski definition) is 3. The Bertz CT molecular complexity index is 795. The summed E-state index contributed by atoms with van der Waals surface area (Å²) < 4.78 is 13.6. The fourth-order valence-electron chi connectivity index (χ4n) is 2.01. The Morgan fingerprint density at radius 2 is 1.95 bits per heavy atom. The number of benzene rings is 2. The van der Waals surface area contributed by atoms with Crippen LogP contribution in [0.4, 0.5) is 10.1 Å². The quantitative estimate of drug-likeness (QED) is 0.626. The van der Waals surface area contributed by atoms with E-state index in [1.54, 1.807) is 30.3 Å². The molecular weight excluding hydrogens is 259 g/mol. The summed E-state index contributed by atoms with van der Waals surface area (Å²) in [4.78, 5) is 14.9. The van der Waals surface area contributed by atoms with Gasteiger partial charge in [0, 0.05) is 10.9 Å². The number of phenolic OH excluding ortho intramolecular Hbond substituents is 1. The number of anilines is 1. The van der Waals surface area contributed by atoms with E-state index in [2.05, 4.69) is 10.3 Å². The zero-order valence-corrected chi connectivity index (χ0v) is 10.4. The Hall–Kier alpha value is -2.82. The van der Waals surface area contributed by atoms with Gasteiger partial charge in [0.25, 0.3) is 5.91 Å². The van der Waals surface area contributed by atoms with Crippen LogP contribution in [0.5, 0.6) is 5.75 Å². The Labute approximate surface area is 113 Å². The molecule has 20 heavy (non-hydrogen) atoms. The summed E-state index contributed by atoms with van der Waals surface area (Å²) >= 11 is 0. The lowest BCUT2D eigenvalue weighted by Gasteiger charge is -2.05. The average molecular weight is 270 g/mol. The molecule has 0 fully saturated rings. The van der Waals surface area contributed by atoms with Crippen molar-refractivity contribution in [2.75, 3.05) is 5.32 Å². The van der Waals surface area contributed by atoms with E-state index in [0.29, 0.717) is 16.6 Å². The van der Waals surface area contributed by atoms with Crippen LogP contribution in [-0.2, 0) is 0 Å². The first-order valence-electron chi connectivity index (χ1n) is 6.02. The molecule has 4 nitrogen and oxygen atoms in total. The van der Waals surface area contributed by atoms with Gasteiger partial charge >= 0.3 is 0 Å². The number of carbonyl (C=O) groups is 1. The van der Waals surface area contributed by atoms with Crippen molar-refractivity contribution in [2.24, 2.45) is 0 Å². The SMILES string of the molecule is O=C(Nc1ccccc1O)c1cc2c(F)cccc2[nH]1. The van der Waals surface area contributed by atoms with Gasteiger partial charge in [-0.25, -0.2) is 4.39 Å². The highest BCUT2D eigenvalue weighted by molar-refractivity contribution is 6.06. The van der Waals surface area contributed by atoms with Crippen LogP contribution in [0.1, 0.15) is 10.5 Å². The van der Waals surface area contributed by atoms with Gasteiger partial charge in [-0.05, 0) is 30.3 Å². The van der Waals surface area contributed by atoms with Crippen molar-refractivity contribution >= 4 is 22.5 Å². The normalized spacial score (nSPS) is 10.7. The van der Waals surface area contributed by atoms with Gasteiger partial charge in [0.05, 0.1) is 5.69 Å². The number of amides is 1. The summed E-state index contributed by atoms with van der Waals surface area (Å²) in [6.07, 6.45) is 0. The molecule has 1 aromatic heterocycles. The lowest BCUT2D eigenvalue weighted by molar-refractivity contribution is 0.102. The number of nitrogens with one attached hydrogen (secondary N) is 2. The van der Waals surface area contributed by atoms with Gasteiger partial charge in [0.1, 0.15) is 17.3 Å². The van der Waals surface area contributed by atoms with Gasteiger partial charge in [-0.15, -0.1) is 0 Å². The van der Waals surface area contributed by atoms with E-state index in [-0.39, 0.29) is 17.3 Å². The predicted octanol–water partition coefficient (Wildman–Crippen LogP) is 3.26. The van der Waals surface area contributed by atoms with Gasteiger partial charge in [-0.2, -0.15) is 0 Å². The molecule has 3 aromatic rings. The highest BCUT2D eigenvalue weighted by Crippen LogP contribution is 2.23. The van der Waals surface area contributed by atoms with Gasteiger partial charge in [-0.1, -0.05) is 18.2 Å². The molecule has 1 amide bonds. The molecule has 0 aliphatic heterocycles. The van der Waals surface area contributed by atoms with Gasteiger partial charge in [-0.3, -0.25) is 4.79 Å². The first kappa shape index (κ1) is 12.2. The second kappa shape index (κ2) is 4.70. The van der Waals surface area contributed by atoms with E-state index in [0.717, 1.165) is 0 Å². The van der Waals surface area contributed by atoms with Crippen molar-refractivity contribution in [3.05, 3.63) is 60.0 Å². The molecule has 0 atom stereocenters. The molecule has 1 heterocycles. The maximum Gasteiger partial charge on any atom is 0.272 e. The summed E-state index contributed by atoms with van der Waals surface area (Å²) in [7, 11) is 0. The van der Waals surface area contributed by atoms with E-state index in [1.165, 1.54) is 18.2 Å². The van der Waals surface area contributed by atoms with Crippen molar-refractivity contribution in [2.45, 2.75) is 0 Å². The number of fused-ring (bicyclic) bond motifs is 1. The van der Waals surface area contributed by atoms with Crippen LogP contribution >= 0.6 is 0 Å². The third-order valence-electron chi connectivity index (χ3n) is 3.01. The van der Waals surface area contributed by atoms with Crippen LogP contribution in [0.15, 0.2) is 48.5 Å². The monoisotopic (exact) mass is 270 g/mol. The van der Waals surface area contributed by atoms with E-state index in [4.69, 9.17) is 0 Å². The second-order valence-electron chi connectivity index (χ2n) is 4.36. The van der Waals surface area contributed by atoms with Crippen molar-refractivity contribution < 1.29 is 14.3 Å². The molecule has 0 unspecified atom stereocenters. The maximum absolute atomic E-state index is 13.6. The molecule has 0 aliphatic rings. The Balaban J connectivity index is 1.93. The molecule has 0 bridgehead atoms. The fraction of sp³-hybridized carbons (Fsp3) is 0. The summed E-state index contributed by atoms with van der Waals surface area (Å²) in [5.74, 6) is -0.856. The van der Waals surface area contributed by atoms with E-state index in [9.17, 15) is 14.3 Å². The predicted molar refractivity (Wildman–Crippen MR) is 74.3 cm³/mol. The molecule has 3 rings (SSSR count). The third kappa shape index (κ3) is 2.09. The zero-order chi connectivity index (χ0) is 14.1. The number of rotatable bonds is 2. The van der Waals surface area contributed by atoms with Crippen LogP contribution in [-0.4, -0.2) is 16.0 Å². The lowest BCUT2D eigenvalue weighted by Crippen LogP contribution is -2.12. The molecule has 0 saturated heterocycles. The van der Waals surface area contributed by atoms with Crippen LogP contribution in [0, 0.1) is 5.82 Å². The maximum atomic E-state index is 13.6. The van der Waals surface area contributed by atoms with E-state index < -0.39 is 5.91 Å². The minimum Gasteiger partial charge on any atom is -0.506 e. The van der Waals surface area contributed by atoms with Gasteiger partial charge in [0.2, 0.25) is 0 Å². The number of aromatic hydroxyl groups is 1. The van der Waals surface area contributed by atoms with Crippen LogP contribution in [0.2, 0.25) is 0 Å². The van der Waals surface area contributed by atoms with Crippen molar-refractivity contribution in [1.29, 1.82) is 0 Å². The molecular formula is C15H11FN2O2. The molecule has 0 saturated carbocycles. The molecule has 2 aromatic carbocycles. The molecule has 0 aliphatic carbocycles. The molecule has 0 radical (unpaired) electrons. The second-order valence-corrected chi connectivity index (χ2v) is 4.36. The Kier molecular flexibility index (Phi) is 2.87. The summed E-state index contributed by atoms with van der Waals surface area (Å²) in [5, 5.41) is 12.5. The molecule has 100 valence electrons. The summed E-state index contributed by atoms with van der Waals surface area (Å²) in [6.45, 7) is 0. The smallest absolute Gasteiger partial charge is 0.272 e. The Morgan fingerprint density at radius 3 is 2.70 bits per heavy atom. The lowest BCUT2D eigenvalue weighted by atomic mass is 10.2. The highest BCUT2D eigenvalue weighted by atomic mass is 19.1. The van der Waals surface area contributed by atoms with Crippen LogP contribution in [0.25, 0.3) is 10.9 Å². The first-order valence-corrected chi connectivity index (χ1v) is 6.02. The summed E-state index contributed by atoms with van der Waals surface area (Å²) in [6, 6.07) is 12.4. The minimum absolute atomic E-state index is 0.0249. The fourth-order valence-corrected chi connectivity index (χ4v) is 2.01. The van der Waals surface area contributed by atoms with Crippen molar-refractivity contribution in [3.63, 3.8) is 0 Å². The topological polar surface area (TPSA) is 65.1 Å². The summed E-state index contributed by atoms with van der Waals surface area (Å²) in [5.41, 5.74) is 1.08. The van der Waals surface area contributed by atoms with Crippen molar-refractivity contribution in [3.8, 4) is 5.75 Å². The molecule has 3 N–H and O–H groups in total. The average Bonchev–Trinajstić information content (AvgIpc) is 2.87. The molecule has 0 spiro atoms. The number of carbonyl (C=O) groups excluding carboxylic acids is 1. The number of halogens is 1. The standard InChI is InChI=1S/C15H11FN2O2/c16-10-4-3-6-11-9(10)8-13(17-11)15(20)18-12-5-1-2-7-14(12)19/h1-8,17,19H,(H,18,20). The number of aromatic amines is 1. The van der Waals surface area contributed by atoms with Crippen molar-refractivity contribution in [1.82, 2.24) is 4.98 Å². The number of H-pyrrole nitrogens is 1. The van der Waals surface area contributed by atoms with Crippen LogP contribution < -0.4 is 5.32 Å². The van der Waals surface area contributed by atoms with E-state index in [1.807, 2.05) is 0 Å². The minimum atomic E-state index is -0.442. The first-order chi connectivity index (χ1) is 9.65. The van der Waals surface area contributed by atoms with Crippen LogP contribution in [0.3, 0.4) is 0 Å². The van der Waals surface area contributed by atoms with E-state index >= 15 is 0 Å². The number of phenols is 1. The van der Waals surface area contributed by atoms with Gasteiger partial charge < -0.3 is 15.4 Å². The zero-order valence-electron chi connectivity index (χ0n) is 10.4. The number of para-hydroxylation sites is 2. The largest absolute Gasteiger partial charge is 0.506 e. The molecule has 5 heteroatoms. The third-order valence-corrected chi connectivity index (χ3v) is 3.01.